The van der Waals surface area contributed by atoms with Crippen molar-refractivity contribution in [2.75, 3.05) is 45.2 Å². The van der Waals surface area contributed by atoms with Gasteiger partial charge >= 0.3 is 0 Å². The van der Waals surface area contributed by atoms with Crippen molar-refractivity contribution in [3.8, 4) is 5.75 Å². The zero-order valence-corrected chi connectivity index (χ0v) is 13.2. The normalized spacial score (nSPS) is 15.5. The fraction of sp³-hybridized carbons (Fsp3) is 0.500. The van der Waals surface area contributed by atoms with Crippen molar-refractivity contribution in [1.29, 1.82) is 0 Å². The van der Waals surface area contributed by atoms with Gasteiger partial charge in [0.05, 0.1) is 7.11 Å². The average Bonchev–Trinajstić information content (AvgIpc) is 2.55. The third-order valence-corrected chi connectivity index (χ3v) is 3.86. The molecule has 120 valence electrons. The lowest BCUT2D eigenvalue weighted by molar-refractivity contribution is -0.136. The molecule has 1 aliphatic heterocycles. The monoisotopic (exact) mass is 305 g/mol. The Kier molecular flexibility index (Phi) is 5.77. The molecule has 0 radical (unpaired) electrons. The van der Waals surface area contributed by atoms with Crippen molar-refractivity contribution < 1.29 is 14.3 Å². The van der Waals surface area contributed by atoms with E-state index in [1.165, 1.54) is 0 Å². The lowest BCUT2D eigenvalue weighted by atomic mass is 10.2. The summed E-state index contributed by atoms with van der Waals surface area (Å²) >= 11 is 0. The lowest BCUT2D eigenvalue weighted by Crippen LogP contribution is -2.49. The molecule has 0 aliphatic carbocycles. The molecule has 0 bridgehead atoms. The second-order valence-corrected chi connectivity index (χ2v) is 5.27. The summed E-state index contributed by atoms with van der Waals surface area (Å²) in [5, 5.41) is 2.73. The predicted octanol–water partition coefficient (Wildman–Crippen LogP) is 1.19. The molecule has 22 heavy (non-hydrogen) atoms. The van der Waals surface area contributed by atoms with Gasteiger partial charge in [-0.15, -0.1) is 0 Å². The number of anilines is 1. The molecule has 0 spiro atoms. The van der Waals surface area contributed by atoms with E-state index in [-0.39, 0.29) is 18.2 Å². The van der Waals surface area contributed by atoms with Crippen LogP contribution in [0.4, 0.5) is 5.69 Å². The van der Waals surface area contributed by atoms with E-state index in [2.05, 4.69) is 17.1 Å². The first-order valence-corrected chi connectivity index (χ1v) is 7.56. The third-order valence-electron chi connectivity index (χ3n) is 3.86. The van der Waals surface area contributed by atoms with Crippen LogP contribution in [0.1, 0.15) is 13.3 Å². The van der Waals surface area contributed by atoms with Crippen LogP contribution in [0.5, 0.6) is 5.75 Å². The molecule has 6 nitrogen and oxygen atoms in total. The summed E-state index contributed by atoms with van der Waals surface area (Å²) in [6.45, 7) is 6.26. The SMILES string of the molecule is CCN1CCN(C(=O)CC(=O)Nc2ccc(OC)cc2)CC1. The van der Waals surface area contributed by atoms with Crippen LogP contribution in [0, 0.1) is 0 Å². The number of rotatable bonds is 5. The van der Waals surface area contributed by atoms with E-state index in [1.54, 1.807) is 36.3 Å². The van der Waals surface area contributed by atoms with Crippen LogP contribution < -0.4 is 10.1 Å². The van der Waals surface area contributed by atoms with Crippen molar-refractivity contribution in [2.24, 2.45) is 0 Å². The Morgan fingerprint density at radius 3 is 2.32 bits per heavy atom. The van der Waals surface area contributed by atoms with E-state index in [4.69, 9.17) is 4.74 Å². The summed E-state index contributed by atoms with van der Waals surface area (Å²) in [4.78, 5) is 28.1. The predicted molar refractivity (Wildman–Crippen MR) is 84.9 cm³/mol. The van der Waals surface area contributed by atoms with Gasteiger partial charge in [-0.3, -0.25) is 9.59 Å². The van der Waals surface area contributed by atoms with Crippen molar-refractivity contribution in [2.45, 2.75) is 13.3 Å². The number of piperazine rings is 1. The molecule has 0 unspecified atom stereocenters. The molecule has 1 aromatic rings. The van der Waals surface area contributed by atoms with Crippen LogP contribution >= 0.6 is 0 Å². The number of nitrogens with one attached hydrogen (secondary N) is 1. The van der Waals surface area contributed by atoms with Crippen molar-refractivity contribution >= 4 is 17.5 Å². The van der Waals surface area contributed by atoms with Gasteiger partial charge in [0, 0.05) is 31.9 Å². The van der Waals surface area contributed by atoms with E-state index < -0.39 is 0 Å². The number of likely N-dealkylation sites (N-methyl/N-ethyl adjacent to an activating group) is 1. The first-order valence-electron chi connectivity index (χ1n) is 7.56. The molecule has 0 saturated carbocycles. The molecule has 1 aromatic carbocycles. The topological polar surface area (TPSA) is 61.9 Å². The first-order chi connectivity index (χ1) is 10.6. The highest BCUT2D eigenvalue weighted by Crippen LogP contribution is 2.15. The summed E-state index contributed by atoms with van der Waals surface area (Å²) in [5.41, 5.74) is 0.661. The van der Waals surface area contributed by atoms with Gasteiger partial charge in [-0.25, -0.2) is 0 Å². The van der Waals surface area contributed by atoms with E-state index in [0.29, 0.717) is 18.8 Å². The quantitative estimate of drug-likeness (QED) is 0.830. The molecular formula is C16H23N3O3. The third kappa shape index (κ3) is 4.46. The van der Waals surface area contributed by atoms with E-state index in [9.17, 15) is 9.59 Å². The Morgan fingerprint density at radius 2 is 1.77 bits per heavy atom. The lowest BCUT2D eigenvalue weighted by Gasteiger charge is -2.33. The van der Waals surface area contributed by atoms with Crippen LogP contribution in [-0.4, -0.2) is 61.4 Å². The smallest absolute Gasteiger partial charge is 0.233 e. The summed E-state index contributed by atoms with van der Waals surface area (Å²) in [5.74, 6) is 0.331. The maximum absolute atomic E-state index is 12.1. The zero-order chi connectivity index (χ0) is 15.9. The summed E-state index contributed by atoms with van der Waals surface area (Å²) in [6, 6.07) is 7.03. The van der Waals surface area contributed by atoms with Gasteiger partial charge in [0.1, 0.15) is 12.2 Å². The van der Waals surface area contributed by atoms with Gasteiger partial charge in [-0.2, -0.15) is 0 Å². The minimum Gasteiger partial charge on any atom is -0.497 e. The molecule has 6 heteroatoms. The molecule has 2 rings (SSSR count). The second kappa shape index (κ2) is 7.79. The molecule has 0 aromatic heterocycles. The van der Waals surface area contributed by atoms with Crippen LogP contribution in [0.15, 0.2) is 24.3 Å². The fourth-order valence-electron chi connectivity index (χ4n) is 2.44. The summed E-state index contributed by atoms with van der Waals surface area (Å²) in [7, 11) is 1.59. The number of nitrogens with zero attached hydrogens (tertiary/aromatic N) is 2. The highest BCUT2D eigenvalue weighted by atomic mass is 16.5. The summed E-state index contributed by atoms with van der Waals surface area (Å²) < 4.78 is 5.06. The first kappa shape index (κ1) is 16.3. The molecule has 1 heterocycles. The molecule has 1 fully saturated rings. The van der Waals surface area contributed by atoms with Gasteiger partial charge in [0.25, 0.3) is 0 Å². The molecular weight excluding hydrogens is 282 g/mol. The Bertz CT molecular complexity index is 508. The maximum atomic E-state index is 12.1. The zero-order valence-electron chi connectivity index (χ0n) is 13.2. The highest BCUT2D eigenvalue weighted by molar-refractivity contribution is 6.03. The van der Waals surface area contributed by atoms with Gasteiger partial charge < -0.3 is 19.9 Å². The van der Waals surface area contributed by atoms with Gasteiger partial charge in [0.15, 0.2) is 0 Å². The number of hydrogen-bond donors (Lipinski definition) is 1. The Morgan fingerprint density at radius 1 is 1.14 bits per heavy atom. The molecule has 1 N–H and O–H groups in total. The summed E-state index contributed by atoms with van der Waals surface area (Å²) in [6.07, 6.45) is -0.113. The van der Waals surface area contributed by atoms with E-state index in [1.807, 2.05) is 0 Å². The van der Waals surface area contributed by atoms with E-state index >= 15 is 0 Å². The molecule has 1 aliphatic rings. The number of benzene rings is 1. The van der Waals surface area contributed by atoms with Crippen LogP contribution in [-0.2, 0) is 9.59 Å². The number of hydrogen-bond acceptors (Lipinski definition) is 4. The van der Waals surface area contributed by atoms with Crippen LogP contribution in [0.2, 0.25) is 0 Å². The Labute approximate surface area is 131 Å². The van der Waals surface area contributed by atoms with Crippen molar-refractivity contribution in [3.63, 3.8) is 0 Å². The van der Waals surface area contributed by atoms with E-state index in [0.717, 1.165) is 25.4 Å². The standard InChI is InChI=1S/C16H23N3O3/c1-3-18-8-10-19(11-9-18)16(21)12-15(20)17-13-4-6-14(22-2)7-5-13/h4-7H,3,8-12H2,1-2H3,(H,17,20). The van der Waals surface area contributed by atoms with Gasteiger partial charge in [-0.1, -0.05) is 6.92 Å². The average molecular weight is 305 g/mol. The largest absolute Gasteiger partial charge is 0.497 e. The van der Waals surface area contributed by atoms with Crippen LogP contribution in [0.25, 0.3) is 0 Å². The number of methoxy groups -OCH3 is 1. The molecule has 2 amide bonds. The second-order valence-electron chi connectivity index (χ2n) is 5.27. The van der Waals surface area contributed by atoms with Gasteiger partial charge in [-0.05, 0) is 30.8 Å². The fourth-order valence-corrected chi connectivity index (χ4v) is 2.44. The van der Waals surface area contributed by atoms with Gasteiger partial charge in [0.2, 0.25) is 11.8 Å². The van der Waals surface area contributed by atoms with Crippen LogP contribution in [0.3, 0.4) is 0 Å². The number of amides is 2. The number of carbonyl (C=O) groups is 2. The minimum absolute atomic E-state index is 0.109. The number of carbonyl (C=O) groups excluding carboxylic acids is 2. The molecule has 0 atom stereocenters. The Balaban J connectivity index is 1.79. The highest BCUT2D eigenvalue weighted by Gasteiger charge is 2.21. The van der Waals surface area contributed by atoms with Crippen molar-refractivity contribution in [1.82, 2.24) is 9.80 Å². The van der Waals surface area contributed by atoms with Crippen molar-refractivity contribution in [3.05, 3.63) is 24.3 Å². The molecule has 1 saturated heterocycles. The maximum Gasteiger partial charge on any atom is 0.233 e. The Hall–Kier alpha value is -2.08. The number of ether oxygens (including phenoxy) is 1. The minimum atomic E-state index is -0.284.